The second kappa shape index (κ2) is 7.29. The molecule has 4 N–H and O–H groups in total. The van der Waals surface area contributed by atoms with Gasteiger partial charge in [0.1, 0.15) is 17.9 Å². The SMILES string of the molecule is COc1cc(F)ccc1-c1cc(-c2cccc(CS(N)(=O)=O)c2N)ncn1. The van der Waals surface area contributed by atoms with Crippen molar-refractivity contribution >= 4 is 15.7 Å². The molecule has 0 saturated carbocycles. The fourth-order valence-corrected chi connectivity index (χ4v) is 3.39. The molecule has 1 heterocycles. The van der Waals surface area contributed by atoms with E-state index in [0.29, 0.717) is 33.8 Å². The number of ether oxygens (including phenoxy) is 1. The summed E-state index contributed by atoms with van der Waals surface area (Å²) < 4.78 is 41.4. The first kappa shape index (κ1) is 18.7. The first-order chi connectivity index (χ1) is 12.8. The van der Waals surface area contributed by atoms with Crippen molar-refractivity contribution < 1.29 is 17.5 Å². The Morgan fingerprint density at radius 3 is 2.44 bits per heavy atom. The van der Waals surface area contributed by atoms with Crippen LogP contribution in [-0.2, 0) is 15.8 Å². The van der Waals surface area contributed by atoms with E-state index in [-0.39, 0.29) is 11.4 Å². The lowest BCUT2D eigenvalue weighted by molar-refractivity contribution is 0.413. The highest BCUT2D eigenvalue weighted by molar-refractivity contribution is 7.88. The van der Waals surface area contributed by atoms with Crippen LogP contribution >= 0.6 is 0 Å². The molecule has 0 aliphatic rings. The molecule has 2 aromatic carbocycles. The summed E-state index contributed by atoms with van der Waals surface area (Å²) in [4.78, 5) is 8.43. The fraction of sp³-hybridized carbons (Fsp3) is 0.111. The number of nitrogen functional groups attached to an aromatic ring is 1. The number of hydrogen-bond donors (Lipinski definition) is 2. The zero-order valence-corrected chi connectivity index (χ0v) is 15.2. The van der Waals surface area contributed by atoms with Crippen LogP contribution < -0.4 is 15.6 Å². The second-order valence-corrected chi connectivity index (χ2v) is 7.43. The molecular weight excluding hydrogens is 371 g/mol. The fourth-order valence-electron chi connectivity index (χ4n) is 2.71. The number of benzene rings is 2. The maximum absolute atomic E-state index is 13.4. The van der Waals surface area contributed by atoms with Gasteiger partial charge in [-0.2, -0.15) is 0 Å². The average Bonchev–Trinajstić information content (AvgIpc) is 2.62. The summed E-state index contributed by atoms with van der Waals surface area (Å²) in [5.74, 6) is -0.475. The zero-order valence-electron chi connectivity index (χ0n) is 14.4. The topological polar surface area (TPSA) is 121 Å². The summed E-state index contributed by atoms with van der Waals surface area (Å²) in [6.45, 7) is 0. The number of hydrogen-bond acceptors (Lipinski definition) is 6. The Labute approximate surface area is 155 Å². The molecule has 3 aromatic rings. The molecule has 0 aliphatic heterocycles. The number of aromatic nitrogens is 2. The average molecular weight is 388 g/mol. The third-order valence-electron chi connectivity index (χ3n) is 3.94. The quantitative estimate of drug-likeness (QED) is 0.647. The number of sulfonamides is 1. The molecule has 0 bridgehead atoms. The van der Waals surface area contributed by atoms with Crippen LogP contribution in [0.25, 0.3) is 22.5 Å². The van der Waals surface area contributed by atoms with Gasteiger partial charge in [-0.05, 0) is 23.8 Å². The Bertz CT molecular complexity index is 1100. The van der Waals surface area contributed by atoms with E-state index in [4.69, 9.17) is 15.6 Å². The van der Waals surface area contributed by atoms with Crippen molar-refractivity contribution in [3.8, 4) is 28.3 Å². The number of anilines is 1. The number of nitrogens with zero attached hydrogens (tertiary/aromatic N) is 2. The number of rotatable bonds is 5. The van der Waals surface area contributed by atoms with Gasteiger partial charge in [0.05, 0.1) is 24.3 Å². The van der Waals surface area contributed by atoms with Gasteiger partial charge in [-0.15, -0.1) is 0 Å². The van der Waals surface area contributed by atoms with Crippen LogP contribution in [0.5, 0.6) is 5.75 Å². The Morgan fingerprint density at radius 2 is 1.78 bits per heavy atom. The van der Waals surface area contributed by atoms with Gasteiger partial charge >= 0.3 is 0 Å². The lowest BCUT2D eigenvalue weighted by Crippen LogP contribution is -2.15. The Kier molecular flexibility index (Phi) is 5.06. The van der Waals surface area contributed by atoms with Crippen LogP contribution in [0.1, 0.15) is 5.56 Å². The highest BCUT2D eigenvalue weighted by Gasteiger charge is 2.15. The van der Waals surface area contributed by atoms with Crippen LogP contribution in [0.4, 0.5) is 10.1 Å². The summed E-state index contributed by atoms with van der Waals surface area (Å²) in [6.07, 6.45) is 1.35. The molecule has 0 atom stereocenters. The molecule has 27 heavy (non-hydrogen) atoms. The van der Waals surface area contributed by atoms with Crippen LogP contribution in [0.2, 0.25) is 0 Å². The lowest BCUT2D eigenvalue weighted by Gasteiger charge is -2.12. The normalized spacial score (nSPS) is 11.4. The van der Waals surface area contributed by atoms with E-state index in [1.54, 1.807) is 30.3 Å². The molecular formula is C18H17FN4O3S. The van der Waals surface area contributed by atoms with Gasteiger partial charge in [0.15, 0.2) is 0 Å². The van der Waals surface area contributed by atoms with E-state index in [2.05, 4.69) is 9.97 Å². The number of primary sulfonamides is 1. The number of nitrogens with two attached hydrogens (primary N) is 2. The van der Waals surface area contributed by atoms with Gasteiger partial charge in [-0.1, -0.05) is 18.2 Å². The van der Waals surface area contributed by atoms with Crippen molar-refractivity contribution in [2.24, 2.45) is 5.14 Å². The third-order valence-corrected chi connectivity index (χ3v) is 4.65. The first-order valence-corrected chi connectivity index (χ1v) is 9.54. The first-order valence-electron chi connectivity index (χ1n) is 7.82. The van der Waals surface area contributed by atoms with Crippen LogP contribution in [0.15, 0.2) is 48.8 Å². The Morgan fingerprint density at radius 1 is 1.07 bits per heavy atom. The zero-order chi connectivity index (χ0) is 19.6. The number of para-hydroxylation sites is 1. The minimum absolute atomic E-state index is 0.266. The highest BCUT2D eigenvalue weighted by atomic mass is 32.2. The van der Waals surface area contributed by atoms with E-state index in [9.17, 15) is 12.8 Å². The number of methoxy groups -OCH3 is 1. The molecule has 0 amide bonds. The molecule has 0 unspecified atom stereocenters. The molecule has 140 valence electrons. The minimum Gasteiger partial charge on any atom is -0.496 e. The van der Waals surface area contributed by atoms with Gasteiger partial charge in [0.25, 0.3) is 0 Å². The van der Waals surface area contributed by atoms with Crippen molar-refractivity contribution in [1.82, 2.24) is 9.97 Å². The summed E-state index contributed by atoms with van der Waals surface area (Å²) >= 11 is 0. The predicted octanol–water partition coefficient (Wildman–Crippen LogP) is 2.33. The Hall–Kier alpha value is -3.04. The summed E-state index contributed by atoms with van der Waals surface area (Å²) in [5.41, 5.74) is 8.90. The van der Waals surface area contributed by atoms with E-state index >= 15 is 0 Å². The van der Waals surface area contributed by atoms with Gasteiger partial charge in [-0.3, -0.25) is 0 Å². The minimum atomic E-state index is -3.73. The molecule has 0 saturated heterocycles. The maximum Gasteiger partial charge on any atom is 0.213 e. The van der Waals surface area contributed by atoms with Crippen LogP contribution in [0, 0.1) is 5.82 Å². The number of halogens is 1. The maximum atomic E-state index is 13.4. The van der Waals surface area contributed by atoms with Crippen LogP contribution in [0.3, 0.4) is 0 Å². The second-order valence-electron chi connectivity index (χ2n) is 5.82. The van der Waals surface area contributed by atoms with E-state index in [1.165, 1.54) is 25.6 Å². The summed E-state index contributed by atoms with van der Waals surface area (Å²) in [7, 11) is -2.29. The molecule has 0 fully saturated rings. The third kappa shape index (κ3) is 4.21. The van der Waals surface area contributed by atoms with Crippen molar-refractivity contribution in [3.63, 3.8) is 0 Å². The van der Waals surface area contributed by atoms with Gasteiger partial charge in [0, 0.05) is 22.9 Å². The highest BCUT2D eigenvalue weighted by Crippen LogP contribution is 2.33. The smallest absolute Gasteiger partial charge is 0.213 e. The molecule has 0 radical (unpaired) electrons. The molecule has 7 nitrogen and oxygen atoms in total. The molecule has 0 aliphatic carbocycles. The standard InChI is InChI=1S/C18H17FN4O3S/c1-26-17-7-12(19)5-6-13(17)15-8-16(23-10-22-15)14-4-2-3-11(18(14)20)9-27(21,24)25/h2-8,10H,9,20H2,1H3,(H2,21,24,25). The van der Waals surface area contributed by atoms with E-state index in [1.807, 2.05) is 0 Å². The lowest BCUT2D eigenvalue weighted by atomic mass is 10.0. The Balaban J connectivity index is 2.08. The monoisotopic (exact) mass is 388 g/mol. The predicted molar refractivity (Wildman–Crippen MR) is 101 cm³/mol. The van der Waals surface area contributed by atoms with Crippen molar-refractivity contribution in [3.05, 3.63) is 60.2 Å². The van der Waals surface area contributed by atoms with Crippen molar-refractivity contribution in [2.45, 2.75) is 5.75 Å². The van der Waals surface area contributed by atoms with E-state index < -0.39 is 15.8 Å². The van der Waals surface area contributed by atoms with Gasteiger partial charge in [-0.25, -0.2) is 27.9 Å². The summed E-state index contributed by atoms with van der Waals surface area (Å²) in [5, 5.41) is 5.12. The molecule has 1 aromatic heterocycles. The van der Waals surface area contributed by atoms with Crippen molar-refractivity contribution in [1.29, 1.82) is 0 Å². The van der Waals surface area contributed by atoms with Crippen LogP contribution in [-0.4, -0.2) is 25.5 Å². The van der Waals surface area contributed by atoms with Gasteiger partial charge < -0.3 is 10.5 Å². The van der Waals surface area contributed by atoms with E-state index in [0.717, 1.165) is 0 Å². The molecule has 3 rings (SSSR count). The molecule has 9 heteroatoms. The van der Waals surface area contributed by atoms with Crippen molar-refractivity contribution in [2.75, 3.05) is 12.8 Å². The molecule has 0 spiro atoms. The van der Waals surface area contributed by atoms with Gasteiger partial charge in [0.2, 0.25) is 10.0 Å². The largest absolute Gasteiger partial charge is 0.496 e. The summed E-state index contributed by atoms with van der Waals surface area (Å²) in [6, 6.07) is 10.8.